The first-order valence-corrected chi connectivity index (χ1v) is 5.46. The molecule has 1 aliphatic carbocycles. The number of carbonyl (C=O) groups excluding carboxylic acids is 1. The summed E-state index contributed by atoms with van der Waals surface area (Å²) in [5.41, 5.74) is 7.86. The van der Waals surface area contributed by atoms with Crippen molar-refractivity contribution in [2.75, 3.05) is 5.32 Å². The second-order valence-corrected chi connectivity index (χ2v) is 4.88. The minimum absolute atomic E-state index is 0.128. The Kier molecular flexibility index (Phi) is 1.86. The molecule has 3 N–H and O–H groups in total. The van der Waals surface area contributed by atoms with Gasteiger partial charge in [0, 0.05) is 5.54 Å². The Bertz CT molecular complexity index is 480. The lowest BCUT2D eigenvalue weighted by molar-refractivity contribution is -0.115. The third kappa shape index (κ3) is 1.59. The first-order valence-electron chi connectivity index (χ1n) is 5.46. The van der Waals surface area contributed by atoms with Gasteiger partial charge in [0.25, 0.3) is 0 Å². The molecule has 2 aliphatic rings. The first kappa shape index (κ1) is 9.78. The van der Waals surface area contributed by atoms with E-state index in [1.807, 2.05) is 6.07 Å². The van der Waals surface area contributed by atoms with Crippen LogP contribution in [0.1, 0.15) is 24.0 Å². The Hall–Kier alpha value is -1.42. The molecule has 0 bridgehead atoms. The average Bonchev–Trinajstić information content (AvgIpc) is 2.76. The van der Waals surface area contributed by atoms with E-state index in [1.165, 1.54) is 6.07 Å². The lowest BCUT2D eigenvalue weighted by Crippen LogP contribution is -2.24. The summed E-state index contributed by atoms with van der Waals surface area (Å²) in [5.74, 6) is -0.484. The zero-order valence-corrected chi connectivity index (χ0v) is 8.85. The molecule has 1 fully saturated rings. The minimum atomic E-state index is -0.345. The van der Waals surface area contributed by atoms with E-state index in [-0.39, 0.29) is 23.7 Å². The molecule has 1 saturated carbocycles. The second-order valence-electron chi connectivity index (χ2n) is 4.88. The van der Waals surface area contributed by atoms with E-state index in [2.05, 4.69) is 5.32 Å². The topological polar surface area (TPSA) is 55.1 Å². The standard InChI is InChI=1S/C12H13FN2O/c13-9-4-7(6-12(14)1-2-12)3-8-5-10(16)15-11(8)9/h3-4H,1-2,5-6,14H2,(H,15,16). The van der Waals surface area contributed by atoms with Crippen LogP contribution in [0.25, 0.3) is 0 Å². The van der Waals surface area contributed by atoms with Crippen LogP contribution >= 0.6 is 0 Å². The summed E-state index contributed by atoms with van der Waals surface area (Å²) in [6.07, 6.45) is 2.98. The quantitative estimate of drug-likeness (QED) is 0.790. The van der Waals surface area contributed by atoms with Crippen molar-refractivity contribution in [1.82, 2.24) is 0 Å². The van der Waals surface area contributed by atoms with Crippen molar-refractivity contribution in [2.45, 2.75) is 31.2 Å². The Balaban J connectivity index is 1.94. The van der Waals surface area contributed by atoms with Crippen LogP contribution < -0.4 is 11.1 Å². The van der Waals surface area contributed by atoms with Crippen molar-refractivity contribution in [1.29, 1.82) is 0 Å². The summed E-state index contributed by atoms with van der Waals surface area (Å²) in [6.45, 7) is 0. The molecule has 1 aromatic rings. The molecular weight excluding hydrogens is 207 g/mol. The highest BCUT2D eigenvalue weighted by Crippen LogP contribution is 2.37. The van der Waals surface area contributed by atoms with Gasteiger partial charge in [0.05, 0.1) is 12.1 Å². The van der Waals surface area contributed by atoms with Crippen LogP contribution in [0.5, 0.6) is 0 Å². The van der Waals surface area contributed by atoms with E-state index in [0.29, 0.717) is 12.1 Å². The molecule has 0 unspecified atom stereocenters. The lowest BCUT2D eigenvalue weighted by atomic mass is 10.0. The van der Waals surface area contributed by atoms with Crippen LogP contribution in [0.4, 0.5) is 10.1 Å². The summed E-state index contributed by atoms with van der Waals surface area (Å²) in [5, 5.41) is 2.53. The molecule has 0 atom stereocenters. The number of nitrogens with one attached hydrogen (secondary N) is 1. The fourth-order valence-corrected chi connectivity index (χ4v) is 2.21. The minimum Gasteiger partial charge on any atom is -0.325 e. The predicted molar refractivity (Wildman–Crippen MR) is 58.6 cm³/mol. The van der Waals surface area contributed by atoms with Crippen molar-refractivity contribution in [2.24, 2.45) is 5.73 Å². The van der Waals surface area contributed by atoms with Crippen LogP contribution in [0.3, 0.4) is 0 Å². The number of amides is 1. The van der Waals surface area contributed by atoms with Gasteiger partial charge < -0.3 is 11.1 Å². The summed E-state index contributed by atoms with van der Waals surface area (Å²) in [7, 11) is 0. The van der Waals surface area contributed by atoms with Crippen molar-refractivity contribution in [3.8, 4) is 0 Å². The maximum Gasteiger partial charge on any atom is 0.228 e. The van der Waals surface area contributed by atoms with E-state index in [0.717, 1.165) is 24.0 Å². The molecule has 0 spiro atoms. The third-order valence-electron chi connectivity index (χ3n) is 3.30. The van der Waals surface area contributed by atoms with Gasteiger partial charge in [-0.2, -0.15) is 0 Å². The smallest absolute Gasteiger partial charge is 0.228 e. The van der Waals surface area contributed by atoms with Crippen LogP contribution in [-0.4, -0.2) is 11.4 Å². The summed E-state index contributed by atoms with van der Waals surface area (Å²) in [4.78, 5) is 11.2. The molecule has 84 valence electrons. The van der Waals surface area contributed by atoms with E-state index >= 15 is 0 Å². The van der Waals surface area contributed by atoms with Gasteiger partial charge in [0.1, 0.15) is 5.82 Å². The molecule has 0 radical (unpaired) electrons. The zero-order chi connectivity index (χ0) is 11.3. The molecule has 1 aromatic carbocycles. The number of nitrogens with two attached hydrogens (primary N) is 1. The maximum atomic E-state index is 13.7. The monoisotopic (exact) mass is 220 g/mol. The van der Waals surface area contributed by atoms with Gasteiger partial charge in [-0.05, 0) is 36.5 Å². The number of rotatable bonds is 2. The SMILES string of the molecule is NC1(Cc2cc(F)c3c(c2)CC(=O)N3)CC1. The largest absolute Gasteiger partial charge is 0.325 e. The third-order valence-corrected chi connectivity index (χ3v) is 3.30. The number of fused-ring (bicyclic) bond motifs is 1. The molecule has 1 amide bonds. The van der Waals surface area contributed by atoms with Gasteiger partial charge in [-0.15, -0.1) is 0 Å². The molecular formula is C12H13FN2O. The number of hydrogen-bond donors (Lipinski definition) is 2. The van der Waals surface area contributed by atoms with Gasteiger partial charge in [0.15, 0.2) is 0 Å². The van der Waals surface area contributed by atoms with Crippen molar-refractivity contribution >= 4 is 11.6 Å². The highest BCUT2D eigenvalue weighted by Gasteiger charge is 2.38. The molecule has 3 rings (SSSR count). The van der Waals surface area contributed by atoms with Gasteiger partial charge in [0.2, 0.25) is 5.91 Å². The number of carbonyl (C=O) groups is 1. The fraction of sp³-hybridized carbons (Fsp3) is 0.417. The van der Waals surface area contributed by atoms with Crippen molar-refractivity contribution in [3.05, 3.63) is 29.1 Å². The summed E-state index contributed by atoms with van der Waals surface area (Å²) < 4.78 is 13.7. The molecule has 4 heteroatoms. The van der Waals surface area contributed by atoms with E-state index in [1.54, 1.807) is 0 Å². The fourth-order valence-electron chi connectivity index (χ4n) is 2.21. The van der Waals surface area contributed by atoms with Crippen LogP contribution in [0, 0.1) is 5.82 Å². The number of hydrogen-bond acceptors (Lipinski definition) is 2. The van der Waals surface area contributed by atoms with Crippen molar-refractivity contribution < 1.29 is 9.18 Å². The molecule has 1 aliphatic heterocycles. The predicted octanol–water partition coefficient (Wildman–Crippen LogP) is 1.35. The highest BCUT2D eigenvalue weighted by molar-refractivity contribution is 5.99. The van der Waals surface area contributed by atoms with Gasteiger partial charge >= 0.3 is 0 Å². The first-order chi connectivity index (χ1) is 7.56. The van der Waals surface area contributed by atoms with Crippen LogP contribution in [0.2, 0.25) is 0 Å². The van der Waals surface area contributed by atoms with E-state index < -0.39 is 0 Å². The maximum absolute atomic E-state index is 13.7. The van der Waals surface area contributed by atoms with Crippen molar-refractivity contribution in [3.63, 3.8) is 0 Å². The number of benzene rings is 1. The normalized spacial score (nSPS) is 20.5. The van der Waals surface area contributed by atoms with E-state index in [9.17, 15) is 9.18 Å². The van der Waals surface area contributed by atoms with Gasteiger partial charge in [-0.1, -0.05) is 6.07 Å². The molecule has 1 heterocycles. The highest BCUT2D eigenvalue weighted by atomic mass is 19.1. The number of halogens is 1. The Morgan fingerprint density at radius 2 is 2.19 bits per heavy atom. The molecule has 0 saturated heterocycles. The Labute approximate surface area is 92.8 Å². The van der Waals surface area contributed by atoms with Gasteiger partial charge in [-0.3, -0.25) is 4.79 Å². The van der Waals surface area contributed by atoms with E-state index in [4.69, 9.17) is 5.73 Å². The van der Waals surface area contributed by atoms with Gasteiger partial charge in [-0.25, -0.2) is 4.39 Å². The average molecular weight is 220 g/mol. The zero-order valence-electron chi connectivity index (χ0n) is 8.85. The van der Waals surface area contributed by atoms with Crippen LogP contribution in [-0.2, 0) is 17.6 Å². The molecule has 3 nitrogen and oxygen atoms in total. The summed E-state index contributed by atoms with van der Waals surface area (Å²) in [6, 6.07) is 3.38. The second kappa shape index (κ2) is 3.04. The lowest BCUT2D eigenvalue weighted by Gasteiger charge is -2.10. The molecule has 0 aromatic heterocycles. The summed E-state index contributed by atoms with van der Waals surface area (Å²) >= 11 is 0. The molecule has 16 heavy (non-hydrogen) atoms. The Morgan fingerprint density at radius 1 is 1.44 bits per heavy atom. The van der Waals surface area contributed by atoms with Crippen LogP contribution in [0.15, 0.2) is 12.1 Å². The Morgan fingerprint density at radius 3 is 2.88 bits per heavy atom. The number of anilines is 1.